The molecule has 94 valence electrons. The number of likely N-dealkylation sites (N-methyl/N-ethyl adjacent to an activating group) is 1. The molecule has 1 aliphatic heterocycles. The van der Waals surface area contributed by atoms with Gasteiger partial charge < -0.3 is 4.90 Å². The van der Waals surface area contributed by atoms with Crippen molar-refractivity contribution in [1.82, 2.24) is 9.80 Å². The van der Waals surface area contributed by atoms with Crippen LogP contribution in [0.25, 0.3) is 0 Å². The number of aryl methyl sites for hydroxylation is 1. The second-order valence-electron chi connectivity index (χ2n) is 4.86. The van der Waals surface area contributed by atoms with Crippen LogP contribution in [-0.2, 0) is 13.0 Å². The van der Waals surface area contributed by atoms with Crippen LogP contribution in [-0.4, -0.2) is 43.0 Å². The first kappa shape index (κ1) is 13.1. The second kappa shape index (κ2) is 5.98. The third kappa shape index (κ3) is 3.54. The van der Waals surface area contributed by atoms with Gasteiger partial charge in [0.25, 0.3) is 0 Å². The van der Waals surface area contributed by atoms with Gasteiger partial charge in [-0.25, -0.2) is 0 Å². The lowest BCUT2D eigenvalue weighted by Crippen LogP contribution is -2.43. The fourth-order valence-corrected chi connectivity index (χ4v) is 2.95. The molecule has 1 aromatic rings. The fraction of sp³-hybridized carbons (Fsp3) is 0.571. The van der Waals surface area contributed by atoms with Gasteiger partial charge in [0.15, 0.2) is 0 Å². The van der Waals surface area contributed by atoms with Crippen LogP contribution >= 0.6 is 15.9 Å². The molecule has 0 aliphatic carbocycles. The standard InChI is InChI=1S/C14H21BrN2/c1-3-13-5-4-12(10-14(13)15)11-17-8-6-16(2)7-9-17/h4-5,10H,3,6-9,11H2,1-2H3. The second-order valence-corrected chi connectivity index (χ2v) is 5.71. The highest BCUT2D eigenvalue weighted by atomic mass is 79.9. The van der Waals surface area contributed by atoms with Crippen LogP contribution in [0, 0.1) is 0 Å². The Kier molecular flexibility index (Phi) is 4.60. The molecule has 3 heteroatoms. The van der Waals surface area contributed by atoms with Gasteiger partial charge in [-0.15, -0.1) is 0 Å². The monoisotopic (exact) mass is 296 g/mol. The molecule has 0 amide bonds. The summed E-state index contributed by atoms with van der Waals surface area (Å²) in [5.41, 5.74) is 2.81. The molecule has 0 N–H and O–H groups in total. The molecule has 1 saturated heterocycles. The van der Waals surface area contributed by atoms with Gasteiger partial charge >= 0.3 is 0 Å². The van der Waals surface area contributed by atoms with Crippen molar-refractivity contribution in [1.29, 1.82) is 0 Å². The van der Waals surface area contributed by atoms with Crippen LogP contribution in [0.4, 0.5) is 0 Å². The number of nitrogens with zero attached hydrogens (tertiary/aromatic N) is 2. The SMILES string of the molecule is CCc1ccc(CN2CCN(C)CC2)cc1Br. The lowest BCUT2D eigenvalue weighted by atomic mass is 10.1. The van der Waals surface area contributed by atoms with Crippen LogP contribution in [0.2, 0.25) is 0 Å². The van der Waals surface area contributed by atoms with Gasteiger partial charge in [0.1, 0.15) is 0 Å². The molecule has 0 unspecified atom stereocenters. The molecule has 1 aromatic carbocycles. The highest BCUT2D eigenvalue weighted by molar-refractivity contribution is 9.10. The van der Waals surface area contributed by atoms with Gasteiger partial charge in [-0.1, -0.05) is 35.0 Å². The predicted octanol–water partition coefficient (Wildman–Crippen LogP) is 2.76. The average Bonchev–Trinajstić information content (AvgIpc) is 2.32. The van der Waals surface area contributed by atoms with E-state index in [1.54, 1.807) is 0 Å². The first-order valence-corrected chi connectivity index (χ1v) is 7.16. The molecule has 1 fully saturated rings. The van der Waals surface area contributed by atoms with Gasteiger partial charge in [0, 0.05) is 37.2 Å². The van der Waals surface area contributed by atoms with E-state index in [1.807, 2.05) is 0 Å². The average molecular weight is 297 g/mol. The van der Waals surface area contributed by atoms with Crippen LogP contribution < -0.4 is 0 Å². The molecule has 0 radical (unpaired) electrons. The Morgan fingerprint density at radius 1 is 1.18 bits per heavy atom. The number of halogens is 1. The zero-order chi connectivity index (χ0) is 12.3. The molecule has 0 atom stereocenters. The Labute approximate surface area is 113 Å². The summed E-state index contributed by atoms with van der Waals surface area (Å²) in [6, 6.07) is 6.79. The van der Waals surface area contributed by atoms with E-state index in [1.165, 1.54) is 41.8 Å². The van der Waals surface area contributed by atoms with Crippen LogP contribution in [0.3, 0.4) is 0 Å². The highest BCUT2D eigenvalue weighted by Crippen LogP contribution is 2.20. The van der Waals surface area contributed by atoms with Crippen molar-refractivity contribution in [2.75, 3.05) is 33.2 Å². The minimum absolute atomic E-state index is 1.08. The Balaban J connectivity index is 1.97. The zero-order valence-corrected chi connectivity index (χ0v) is 12.3. The number of benzene rings is 1. The maximum Gasteiger partial charge on any atom is 0.0235 e. The van der Waals surface area contributed by atoms with E-state index in [9.17, 15) is 0 Å². The molecule has 0 saturated carbocycles. The number of hydrogen-bond donors (Lipinski definition) is 0. The minimum Gasteiger partial charge on any atom is -0.304 e. The van der Waals surface area contributed by atoms with E-state index in [4.69, 9.17) is 0 Å². The van der Waals surface area contributed by atoms with Gasteiger partial charge in [0.2, 0.25) is 0 Å². The topological polar surface area (TPSA) is 6.48 Å². The summed E-state index contributed by atoms with van der Waals surface area (Å²) in [6.45, 7) is 8.02. The Hall–Kier alpha value is -0.380. The van der Waals surface area contributed by atoms with Crippen molar-refractivity contribution in [3.05, 3.63) is 33.8 Å². The van der Waals surface area contributed by atoms with Gasteiger partial charge in [-0.05, 0) is 30.7 Å². The summed E-state index contributed by atoms with van der Waals surface area (Å²) >= 11 is 3.65. The van der Waals surface area contributed by atoms with E-state index in [0.29, 0.717) is 0 Å². The molecule has 0 spiro atoms. The normalized spacial score (nSPS) is 18.5. The van der Waals surface area contributed by atoms with Crippen molar-refractivity contribution in [3.63, 3.8) is 0 Å². The lowest BCUT2D eigenvalue weighted by Gasteiger charge is -2.32. The number of rotatable bonds is 3. The zero-order valence-electron chi connectivity index (χ0n) is 10.7. The Bertz CT molecular complexity index is 370. The number of piperazine rings is 1. The molecule has 2 nitrogen and oxygen atoms in total. The highest BCUT2D eigenvalue weighted by Gasteiger charge is 2.13. The van der Waals surface area contributed by atoms with Gasteiger partial charge in [-0.3, -0.25) is 4.90 Å². The summed E-state index contributed by atoms with van der Waals surface area (Å²) < 4.78 is 1.26. The quantitative estimate of drug-likeness (QED) is 0.846. The summed E-state index contributed by atoms with van der Waals surface area (Å²) in [4.78, 5) is 4.93. The van der Waals surface area contributed by atoms with Crippen molar-refractivity contribution in [2.24, 2.45) is 0 Å². The van der Waals surface area contributed by atoms with Crippen molar-refractivity contribution in [3.8, 4) is 0 Å². The molecule has 1 aliphatic rings. The molecule has 1 heterocycles. The van der Waals surface area contributed by atoms with Crippen LogP contribution in [0.1, 0.15) is 18.1 Å². The lowest BCUT2D eigenvalue weighted by molar-refractivity contribution is 0.148. The summed E-state index contributed by atoms with van der Waals surface area (Å²) in [5, 5.41) is 0. The summed E-state index contributed by atoms with van der Waals surface area (Å²) in [6.07, 6.45) is 1.09. The largest absolute Gasteiger partial charge is 0.304 e. The van der Waals surface area contributed by atoms with Crippen LogP contribution in [0.5, 0.6) is 0 Å². The minimum atomic E-state index is 1.08. The van der Waals surface area contributed by atoms with Gasteiger partial charge in [-0.2, -0.15) is 0 Å². The van der Waals surface area contributed by atoms with Crippen molar-refractivity contribution >= 4 is 15.9 Å². The van der Waals surface area contributed by atoms with Gasteiger partial charge in [0.05, 0.1) is 0 Å². The molecule has 17 heavy (non-hydrogen) atoms. The molecular weight excluding hydrogens is 276 g/mol. The molecule has 0 aromatic heterocycles. The number of hydrogen-bond acceptors (Lipinski definition) is 2. The van der Waals surface area contributed by atoms with E-state index < -0.39 is 0 Å². The smallest absolute Gasteiger partial charge is 0.0235 e. The summed E-state index contributed by atoms with van der Waals surface area (Å²) in [7, 11) is 2.20. The third-order valence-corrected chi connectivity index (χ3v) is 4.24. The first-order valence-electron chi connectivity index (χ1n) is 6.37. The predicted molar refractivity (Wildman–Crippen MR) is 76.3 cm³/mol. The first-order chi connectivity index (χ1) is 8.19. The van der Waals surface area contributed by atoms with Crippen molar-refractivity contribution in [2.45, 2.75) is 19.9 Å². The van der Waals surface area contributed by atoms with E-state index in [-0.39, 0.29) is 0 Å². The van der Waals surface area contributed by atoms with E-state index in [0.717, 1.165) is 13.0 Å². The molecular formula is C14H21BrN2. The maximum absolute atomic E-state index is 3.65. The van der Waals surface area contributed by atoms with E-state index in [2.05, 4.69) is 57.9 Å². The van der Waals surface area contributed by atoms with Crippen molar-refractivity contribution < 1.29 is 0 Å². The van der Waals surface area contributed by atoms with E-state index >= 15 is 0 Å². The fourth-order valence-electron chi connectivity index (χ4n) is 2.24. The molecule has 2 rings (SSSR count). The van der Waals surface area contributed by atoms with Crippen LogP contribution in [0.15, 0.2) is 22.7 Å². The Morgan fingerprint density at radius 3 is 2.47 bits per heavy atom. The maximum atomic E-state index is 3.65. The third-order valence-electron chi connectivity index (χ3n) is 3.50. The summed E-state index contributed by atoms with van der Waals surface area (Å²) in [5.74, 6) is 0. The Morgan fingerprint density at radius 2 is 1.88 bits per heavy atom. The molecule has 0 bridgehead atoms.